The number of hydrogen-bond acceptors (Lipinski definition) is 3. The summed E-state index contributed by atoms with van der Waals surface area (Å²) < 4.78 is 0. The third kappa shape index (κ3) is 2.11. The van der Waals surface area contributed by atoms with E-state index in [4.69, 9.17) is 5.26 Å². The van der Waals surface area contributed by atoms with Crippen LogP contribution in [0.15, 0.2) is 42.5 Å². The average molecular weight is 264 g/mol. The Balaban J connectivity index is 2.20. The molecule has 0 bridgehead atoms. The summed E-state index contributed by atoms with van der Waals surface area (Å²) in [4.78, 5) is 5.68. The van der Waals surface area contributed by atoms with Gasteiger partial charge >= 0.3 is 0 Å². The zero-order chi connectivity index (χ0) is 13.2. The van der Waals surface area contributed by atoms with Gasteiger partial charge in [0.1, 0.15) is 5.01 Å². The lowest BCUT2D eigenvalue weighted by atomic mass is 10.1. The van der Waals surface area contributed by atoms with Crippen LogP contribution in [0.4, 0.5) is 0 Å². The van der Waals surface area contributed by atoms with Crippen LogP contribution >= 0.6 is 11.3 Å². The van der Waals surface area contributed by atoms with Gasteiger partial charge in [-0.3, -0.25) is 0 Å². The zero-order valence-corrected chi connectivity index (χ0v) is 11.4. The Hall–Kier alpha value is -2.18. The molecule has 2 aromatic carbocycles. The monoisotopic (exact) mass is 264 g/mol. The van der Waals surface area contributed by atoms with Crippen molar-refractivity contribution in [3.8, 4) is 16.6 Å². The second-order valence-electron chi connectivity index (χ2n) is 4.39. The van der Waals surface area contributed by atoms with Crippen LogP contribution in [0.25, 0.3) is 21.3 Å². The van der Waals surface area contributed by atoms with E-state index in [0.717, 1.165) is 21.1 Å². The molecule has 2 nitrogen and oxygen atoms in total. The van der Waals surface area contributed by atoms with Crippen molar-refractivity contribution in [1.82, 2.24) is 4.98 Å². The van der Waals surface area contributed by atoms with E-state index in [1.165, 1.54) is 10.8 Å². The maximum atomic E-state index is 8.82. The molecule has 0 spiro atoms. The van der Waals surface area contributed by atoms with E-state index in [1.54, 1.807) is 11.3 Å². The summed E-state index contributed by atoms with van der Waals surface area (Å²) in [6, 6.07) is 16.8. The molecule has 0 atom stereocenters. The number of nitrogens with zero attached hydrogens (tertiary/aromatic N) is 2. The van der Waals surface area contributed by atoms with Gasteiger partial charge in [0.15, 0.2) is 0 Å². The van der Waals surface area contributed by atoms with Gasteiger partial charge in [0.2, 0.25) is 0 Å². The van der Waals surface area contributed by atoms with Crippen LogP contribution in [0.1, 0.15) is 10.6 Å². The number of benzene rings is 2. The molecule has 1 heterocycles. The van der Waals surface area contributed by atoms with Crippen molar-refractivity contribution in [2.45, 2.75) is 13.3 Å². The SMILES string of the molecule is Cc1nc(-c2cccc3ccccc23)sc1CC#N. The number of rotatable bonds is 2. The smallest absolute Gasteiger partial charge is 0.124 e. The van der Waals surface area contributed by atoms with Gasteiger partial charge in [-0.2, -0.15) is 5.26 Å². The van der Waals surface area contributed by atoms with Crippen LogP contribution < -0.4 is 0 Å². The van der Waals surface area contributed by atoms with Crippen molar-refractivity contribution >= 4 is 22.1 Å². The fourth-order valence-corrected chi connectivity index (χ4v) is 3.22. The first-order valence-electron chi connectivity index (χ1n) is 6.11. The second kappa shape index (κ2) is 4.83. The first-order valence-corrected chi connectivity index (χ1v) is 6.92. The average Bonchev–Trinajstić information content (AvgIpc) is 2.80. The minimum Gasteiger partial charge on any atom is -0.241 e. The van der Waals surface area contributed by atoms with Crippen LogP contribution in [0.2, 0.25) is 0 Å². The lowest BCUT2D eigenvalue weighted by Crippen LogP contribution is -1.81. The molecule has 0 radical (unpaired) electrons. The number of aryl methyl sites for hydroxylation is 1. The summed E-state index contributed by atoms with van der Waals surface area (Å²) in [5.74, 6) is 0. The largest absolute Gasteiger partial charge is 0.241 e. The summed E-state index contributed by atoms with van der Waals surface area (Å²) in [5, 5.41) is 12.3. The van der Waals surface area contributed by atoms with E-state index >= 15 is 0 Å². The van der Waals surface area contributed by atoms with Crippen molar-refractivity contribution < 1.29 is 0 Å². The summed E-state index contributed by atoms with van der Waals surface area (Å²) in [6.07, 6.45) is 0.439. The highest BCUT2D eigenvalue weighted by atomic mass is 32.1. The van der Waals surface area contributed by atoms with Crippen LogP contribution in [0.5, 0.6) is 0 Å². The Morgan fingerprint density at radius 1 is 1.16 bits per heavy atom. The number of fused-ring (bicyclic) bond motifs is 1. The van der Waals surface area contributed by atoms with Crippen molar-refractivity contribution in [3.05, 3.63) is 53.0 Å². The minimum absolute atomic E-state index is 0.439. The Kier molecular flexibility index (Phi) is 3.02. The molecule has 0 saturated carbocycles. The molecule has 0 amide bonds. The highest BCUT2D eigenvalue weighted by Crippen LogP contribution is 2.33. The molecule has 0 unspecified atom stereocenters. The van der Waals surface area contributed by atoms with Gasteiger partial charge in [0.25, 0.3) is 0 Å². The third-order valence-electron chi connectivity index (χ3n) is 3.15. The predicted octanol–water partition coefficient (Wildman–Crippen LogP) is 4.34. The van der Waals surface area contributed by atoms with Gasteiger partial charge < -0.3 is 0 Å². The highest BCUT2D eigenvalue weighted by Gasteiger charge is 2.11. The first kappa shape index (κ1) is 11.9. The van der Waals surface area contributed by atoms with Gasteiger partial charge in [0, 0.05) is 10.4 Å². The van der Waals surface area contributed by atoms with Gasteiger partial charge in [-0.1, -0.05) is 42.5 Å². The van der Waals surface area contributed by atoms with E-state index in [0.29, 0.717) is 6.42 Å². The van der Waals surface area contributed by atoms with Crippen molar-refractivity contribution in [3.63, 3.8) is 0 Å². The van der Waals surface area contributed by atoms with E-state index in [2.05, 4.69) is 41.4 Å². The standard InChI is InChI=1S/C16H12N2S/c1-11-15(9-10-17)19-16(18-11)14-8-4-6-12-5-2-3-7-13(12)14/h2-8H,9H2,1H3. The molecule has 0 N–H and O–H groups in total. The van der Waals surface area contributed by atoms with E-state index in [-0.39, 0.29) is 0 Å². The fourth-order valence-electron chi connectivity index (χ4n) is 2.19. The summed E-state index contributed by atoms with van der Waals surface area (Å²) in [5.41, 5.74) is 2.12. The van der Waals surface area contributed by atoms with E-state index < -0.39 is 0 Å². The minimum atomic E-state index is 0.439. The molecule has 92 valence electrons. The molecule has 0 aliphatic heterocycles. The maximum absolute atomic E-state index is 8.82. The zero-order valence-electron chi connectivity index (χ0n) is 10.6. The number of aromatic nitrogens is 1. The molecule has 0 fully saturated rings. The number of nitriles is 1. The van der Waals surface area contributed by atoms with Crippen LogP contribution in [0.3, 0.4) is 0 Å². The number of thiazole rings is 1. The molecule has 19 heavy (non-hydrogen) atoms. The van der Waals surface area contributed by atoms with Crippen LogP contribution in [-0.2, 0) is 6.42 Å². The van der Waals surface area contributed by atoms with Crippen LogP contribution in [-0.4, -0.2) is 4.98 Å². The highest BCUT2D eigenvalue weighted by molar-refractivity contribution is 7.15. The summed E-state index contributed by atoms with van der Waals surface area (Å²) in [6.45, 7) is 1.97. The second-order valence-corrected chi connectivity index (χ2v) is 5.47. The van der Waals surface area contributed by atoms with Gasteiger partial charge in [-0.25, -0.2) is 4.98 Å². The third-order valence-corrected chi connectivity index (χ3v) is 4.34. The van der Waals surface area contributed by atoms with Gasteiger partial charge in [-0.05, 0) is 17.7 Å². The maximum Gasteiger partial charge on any atom is 0.124 e. The lowest BCUT2D eigenvalue weighted by molar-refractivity contribution is 1.19. The topological polar surface area (TPSA) is 36.7 Å². The Morgan fingerprint density at radius 3 is 2.79 bits per heavy atom. The quantitative estimate of drug-likeness (QED) is 0.690. The molecule has 3 rings (SSSR count). The normalized spacial score (nSPS) is 10.5. The molecule has 0 aliphatic carbocycles. The molecular weight excluding hydrogens is 252 g/mol. The van der Waals surface area contributed by atoms with Crippen molar-refractivity contribution in [2.75, 3.05) is 0 Å². The fraction of sp³-hybridized carbons (Fsp3) is 0.125. The molecule has 3 aromatic rings. The van der Waals surface area contributed by atoms with Crippen molar-refractivity contribution in [1.29, 1.82) is 5.26 Å². The Bertz CT molecular complexity index is 776. The first-order chi connectivity index (χ1) is 9.29. The molecule has 0 aliphatic rings. The molecule has 3 heteroatoms. The molecule has 0 saturated heterocycles. The summed E-state index contributed by atoms with van der Waals surface area (Å²) >= 11 is 1.62. The predicted molar refractivity (Wildman–Crippen MR) is 79.1 cm³/mol. The molecular formula is C16H12N2S. The van der Waals surface area contributed by atoms with E-state index in [1.807, 2.05) is 19.1 Å². The Morgan fingerprint density at radius 2 is 1.95 bits per heavy atom. The lowest BCUT2D eigenvalue weighted by Gasteiger charge is -2.02. The molecule has 1 aromatic heterocycles. The van der Waals surface area contributed by atoms with Gasteiger partial charge in [-0.15, -0.1) is 11.3 Å². The van der Waals surface area contributed by atoms with Crippen molar-refractivity contribution in [2.24, 2.45) is 0 Å². The van der Waals surface area contributed by atoms with E-state index in [9.17, 15) is 0 Å². The van der Waals surface area contributed by atoms with Gasteiger partial charge in [0.05, 0.1) is 18.2 Å². The Labute approximate surface area is 116 Å². The van der Waals surface area contributed by atoms with Crippen LogP contribution in [0, 0.1) is 18.3 Å². The summed E-state index contributed by atoms with van der Waals surface area (Å²) in [7, 11) is 0. The number of hydrogen-bond donors (Lipinski definition) is 0.